The number of nitrogens with one attached hydrogen (secondary N) is 1. The molecule has 5 aliphatic carbocycles. The van der Waals surface area contributed by atoms with Crippen molar-refractivity contribution in [2.24, 2.45) is 23.7 Å². The molecule has 0 aromatic carbocycles. The Labute approximate surface area is 203 Å². The van der Waals surface area contributed by atoms with Crippen molar-refractivity contribution in [3.63, 3.8) is 0 Å². The van der Waals surface area contributed by atoms with Crippen LogP contribution in [0.1, 0.15) is 87.6 Å². The van der Waals surface area contributed by atoms with Gasteiger partial charge in [-0.2, -0.15) is 0 Å². The summed E-state index contributed by atoms with van der Waals surface area (Å²) in [7, 11) is 0. The van der Waals surface area contributed by atoms with Gasteiger partial charge in [0.2, 0.25) is 5.91 Å². The summed E-state index contributed by atoms with van der Waals surface area (Å²) in [6.07, 6.45) is 15.3. The van der Waals surface area contributed by atoms with Crippen LogP contribution in [0.4, 0.5) is 0 Å². The minimum Gasteiger partial charge on any atom is -0.480 e. The number of ether oxygens (including phenoxy) is 1. The van der Waals surface area contributed by atoms with E-state index in [1.165, 1.54) is 49.1 Å². The number of hydrogen-bond donors (Lipinski definition) is 2. The van der Waals surface area contributed by atoms with Crippen LogP contribution in [0.5, 0.6) is 0 Å². The Bertz CT molecular complexity index is 873. The number of carboxylic acid groups (broad SMARTS) is 1. The zero-order valence-electron chi connectivity index (χ0n) is 20.3. The Morgan fingerprint density at radius 2 is 1.88 bits per heavy atom. The van der Waals surface area contributed by atoms with Gasteiger partial charge in [-0.05, 0) is 100 Å². The molecule has 0 radical (unpaired) electrons. The molecule has 2 unspecified atom stereocenters. The topological polar surface area (TPSA) is 88.5 Å². The molecule has 0 spiro atoms. The molecule has 1 aromatic heterocycles. The van der Waals surface area contributed by atoms with E-state index in [9.17, 15) is 14.7 Å². The van der Waals surface area contributed by atoms with Crippen LogP contribution in [0.25, 0.3) is 0 Å². The van der Waals surface area contributed by atoms with Gasteiger partial charge in [-0.1, -0.05) is 18.9 Å². The summed E-state index contributed by atoms with van der Waals surface area (Å²) in [4.78, 5) is 29.4. The molecule has 4 fully saturated rings. The van der Waals surface area contributed by atoms with Gasteiger partial charge in [0.25, 0.3) is 0 Å². The van der Waals surface area contributed by atoms with Crippen LogP contribution in [0, 0.1) is 23.7 Å². The number of carbonyl (C=O) groups excluding carboxylic acids is 1. The third kappa shape index (κ3) is 5.64. The van der Waals surface area contributed by atoms with Crippen molar-refractivity contribution < 1.29 is 19.4 Å². The molecule has 6 heteroatoms. The molecule has 5 aliphatic rings. The molecule has 2 atom stereocenters. The van der Waals surface area contributed by atoms with E-state index in [2.05, 4.69) is 17.4 Å². The van der Waals surface area contributed by atoms with Crippen LogP contribution < -0.4 is 5.32 Å². The molecule has 1 amide bonds. The molecular formula is C28H40N2O4. The van der Waals surface area contributed by atoms with Gasteiger partial charge in [-0.25, -0.2) is 4.79 Å². The minimum absolute atomic E-state index is 0.00673. The number of pyridine rings is 1. The maximum Gasteiger partial charge on any atom is 0.326 e. The fraction of sp³-hybridized carbons (Fsp3) is 0.750. The van der Waals surface area contributed by atoms with E-state index in [-0.39, 0.29) is 17.9 Å². The average molecular weight is 469 g/mol. The zero-order chi connectivity index (χ0) is 23.5. The molecule has 0 saturated heterocycles. The van der Waals surface area contributed by atoms with E-state index in [0.29, 0.717) is 30.8 Å². The van der Waals surface area contributed by atoms with Gasteiger partial charge in [-0.15, -0.1) is 0 Å². The number of fused-ring (bicyclic) bond motifs is 4. The van der Waals surface area contributed by atoms with Crippen molar-refractivity contribution >= 4 is 11.9 Å². The summed E-state index contributed by atoms with van der Waals surface area (Å²) in [5, 5.41) is 12.4. The Morgan fingerprint density at radius 3 is 2.62 bits per heavy atom. The van der Waals surface area contributed by atoms with E-state index < -0.39 is 12.0 Å². The number of aryl methyl sites for hydroxylation is 3. The third-order valence-electron chi connectivity index (χ3n) is 9.00. The fourth-order valence-electron chi connectivity index (χ4n) is 6.75. The minimum atomic E-state index is -0.957. The van der Waals surface area contributed by atoms with E-state index >= 15 is 0 Å². The van der Waals surface area contributed by atoms with Crippen LogP contribution in [-0.2, 0) is 33.6 Å². The highest BCUT2D eigenvalue weighted by Gasteiger charge is 2.40. The second-order valence-corrected chi connectivity index (χ2v) is 11.3. The third-order valence-corrected chi connectivity index (χ3v) is 9.00. The summed E-state index contributed by atoms with van der Waals surface area (Å²) >= 11 is 0. The van der Waals surface area contributed by atoms with Crippen LogP contribution in [0.2, 0.25) is 0 Å². The predicted octanol–water partition coefficient (Wildman–Crippen LogP) is 4.47. The molecule has 1 aromatic rings. The van der Waals surface area contributed by atoms with E-state index in [0.717, 1.165) is 51.4 Å². The van der Waals surface area contributed by atoms with Crippen molar-refractivity contribution in [3.05, 3.63) is 29.1 Å². The van der Waals surface area contributed by atoms with Gasteiger partial charge < -0.3 is 15.2 Å². The van der Waals surface area contributed by atoms with Gasteiger partial charge >= 0.3 is 5.97 Å². The molecule has 4 saturated carbocycles. The Morgan fingerprint density at radius 1 is 1.09 bits per heavy atom. The Hall–Kier alpha value is -1.95. The molecule has 1 heterocycles. The largest absolute Gasteiger partial charge is 0.480 e. The Kier molecular flexibility index (Phi) is 7.52. The first kappa shape index (κ1) is 23.8. The first-order chi connectivity index (χ1) is 16.5. The number of amides is 1. The molecule has 6 nitrogen and oxygen atoms in total. The summed E-state index contributed by atoms with van der Waals surface area (Å²) < 4.78 is 5.96. The smallest absolute Gasteiger partial charge is 0.326 e. The summed E-state index contributed by atoms with van der Waals surface area (Å²) in [5.74, 6) is 0.760. The summed E-state index contributed by atoms with van der Waals surface area (Å²) in [6, 6.07) is 3.63. The van der Waals surface area contributed by atoms with Gasteiger partial charge in [0.05, 0.1) is 6.10 Å². The normalized spacial score (nSPS) is 30.8. The lowest BCUT2D eigenvalue weighted by Gasteiger charge is -2.41. The maximum atomic E-state index is 12.8. The first-order valence-electron chi connectivity index (χ1n) is 13.7. The van der Waals surface area contributed by atoms with Crippen LogP contribution in [0.3, 0.4) is 0 Å². The van der Waals surface area contributed by atoms with Crippen LogP contribution >= 0.6 is 0 Å². The number of aromatic nitrogens is 1. The van der Waals surface area contributed by atoms with Gasteiger partial charge in [0.1, 0.15) is 6.04 Å². The quantitative estimate of drug-likeness (QED) is 0.529. The zero-order valence-corrected chi connectivity index (χ0v) is 20.3. The number of carbonyl (C=O) groups is 2. The SMILES string of the molecule is O=C(O)C(CCOC1CC(CCc2ccc3c(n2)CCCC3)C1)NC(=O)C1CC2CCC1CC2. The highest BCUT2D eigenvalue weighted by Crippen LogP contribution is 2.45. The second-order valence-electron chi connectivity index (χ2n) is 11.3. The van der Waals surface area contributed by atoms with Crippen LogP contribution in [-0.4, -0.2) is 40.7 Å². The van der Waals surface area contributed by atoms with Crippen molar-refractivity contribution in [2.75, 3.05) is 6.61 Å². The van der Waals surface area contributed by atoms with Gasteiger partial charge in [-0.3, -0.25) is 9.78 Å². The fourth-order valence-corrected chi connectivity index (χ4v) is 6.75. The van der Waals surface area contributed by atoms with Gasteiger partial charge in [0, 0.05) is 30.3 Å². The predicted molar refractivity (Wildman–Crippen MR) is 129 cm³/mol. The molecule has 6 rings (SSSR count). The highest BCUT2D eigenvalue weighted by molar-refractivity contribution is 5.85. The molecule has 34 heavy (non-hydrogen) atoms. The number of nitrogens with zero attached hydrogens (tertiary/aromatic N) is 1. The van der Waals surface area contributed by atoms with Gasteiger partial charge in [0.15, 0.2) is 0 Å². The average Bonchev–Trinajstić information content (AvgIpc) is 2.84. The summed E-state index contributed by atoms with van der Waals surface area (Å²) in [5.41, 5.74) is 3.97. The number of aliphatic carboxylic acids is 1. The van der Waals surface area contributed by atoms with Crippen molar-refractivity contribution in [3.8, 4) is 0 Å². The lowest BCUT2D eigenvalue weighted by atomic mass is 9.64. The Balaban J connectivity index is 0.990. The lowest BCUT2D eigenvalue weighted by Crippen LogP contribution is -2.48. The number of hydrogen-bond acceptors (Lipinski definition) is 4. The standard InChI is InChI=1S/C28H40N2O4/c31-27(24-17-18-5-8-20(24)9-6-18)30-26(28(32)33)13-14-34-23-15-19(16-23)7-11-22-12-10-21-3-1-2-4-25(21)29-22/h10,12,18-20,23-24,26H,1-9,11,13-17H2,(H,30,31)(H,32,33). The molecule has 2 N–H and O–H groups in total. The number of carboxylic acids is 1. The van der Waals surface area contributed by atoms with E-state index in [4.69, 9.17) is 9.72 Å². The maximum absolute atomic E-state index is 12.8. The summed E-state index contributed by atoms with van der Waals surface area (Å²) in [6.45, 7) is 0.387. The molecule has 0 aliphatic heterocycles. The second kappa shape index (κ2) is 10.8. The van der Waals surface area contributed by atoms with E-state index in [1.807, 2.05) is 0 Å². The molecular weight excluding hydrogens is 428 g/mol. The highest BCUT2D eigenvalue weighted by atomic mass is 16.5. The number of rotatable bonds is 10. The van der Waals surface area contributed by atoms with Crippen molar-refractivity contribution in [1.82, 2.24) is 10.3 Å². The van der Waals surface area contributed by atoms with Crippen LogP contribution in [0.15, 0.2) is 12.1 Å². The van der Waals surface area contributed by atoms with Crippen molar-refractivity contribution in [2.45, 2.75) is 102 Å². The van der Waals surface area contributed by atoms with Crippen molar-refractivity contribution in [1.29, 1.82) is 0 Å². The molecule has 2 bridgehead atoms. The molecule has 186 valence electrons. The van der Waals surface area contributed by atoms with E-state index in [1.54, 1.807) is 0 Å². The first-order valence-corrected chi connectivity index (χ1v) is 13.7. The lowest BCUT2D eigenvalue weighted by molar-refractivity contribution is -0.144. The monoisotopic (exact) mass is 468 g/mol.